The summed E-state index contributed by atoms with van der Waals surface area (Å²) in [6.45, 7) is 0.571. The summed E-state index contributed by atoms with van der Waals surface area (Å²) in [7, 11) is 3.45. The quantitative estimate of drug-likeness (QED) is 0.255. The number of fused-ring (bicyclic) bond motifs is 1. The first-order valence-corrected chi connectivity index (χ1v) is 11.0. The van der Waals surface area contributed by atoms with Gasteiger partial charge in [-0.1, -0.05) is 12.1 Å². The molecular formula is C25H30Cl2N4O5. The zero-order valence-electron chi connectivity index (χ0n) is 19.9. The smallest absolute Gasteiger partial charge is 0.311 e. The molecule has 0 spiro atoms. The van der Waals surface area contributed by atoms with Crippen LogP contribution in [0.5, 0.6) is 5.75 Å². The molecule has 11 heteroatoms. The van der Waals surface area contributed by atoms with E-state index in [1.807, 2.05) is 0 Å². The van der Waals surface area contributed by atoms with E-state index in [1.54, 1.807) is 67.5 Å². The molecule has 2 aromatic carbocycles. The van der Waals surface area contributed by atoms with Crippen LogP contribution in [-0.4, -0.2) is 60.5 Å². The highest BCUT2D eigenvalue weighted by molar-refractivity contribution is 5.98. The van der Waals surface area contributed by atoms with E-state index in [1.165, 1.54) is 0 Å². The third-order valence-electron chi connectivity index (χ3n) is 6.00. The summed E-state index contributed by atoms with van der Waals surface area (Å²) in [5, 5.41) is 21.4. The first-order chi connectivity index (χ1) is 16.2. The van der Waals surface area contributed by atoms with Gasteiger partial charge in [0, 0.05) is 44.4 Å². The lowest BCUT2D eigenvalue weighted by Gasteiger charge is -2.17. The van der Waals surface area contributed by atoms with Crippen molar-refractivity contribution in [1.29, 1.82) is 5.41 Å². The van der Waals surface area contributed by atoms with Crippen molar-refractivity contribution < 1.29 is 23.8 Å². The summed E-state index contributed by atoms with van der Waals surface area (Å²) < 4.78 is 11.8. The van der Waals surface area contributed by atoms with E-state index >= 15 is 0 Å². The molecule has 3 atom stereocenters. The monoisotopic (exact) mass is 536 g/mol. The summed E-state index contributed by atoms with van der Waals surface area (Å²) in [5.41, 5.74) is 7.38. The number of hydrogen-bond acceptors (Lipinski definition) is 6. The minimum atomic E-state index is -0.955. The first-order valence-electron chi connectivity index (χ1n) is 11.0. The third-order valence-corrected chi connectivity index (χ3v) is 6.00. The zero-order chi connectivity index (χ0) is 24.4. The number of nitrogen functional groups attached to an aromatic ring is 1. The number of carboxylic acids is 1. The van der Waals surface area contributed by atoms with Crippen LogP contribution >= 0.6 is 24.8 Å². The predicted molar refractivity (Wildman–Crippen MR) is 142 cm³/mol. The molecule has 0 saturated carbocycles. The van der Waals surface area contributed by atoms with Crippen molar-refractivity contribution in [2.24, 2.45) is 5.73 Å². The molecule has 2 heterocycles. The lowest BCUT2D eigenvalue weighted by atomic mass is 9.94. The van der Waals surface area contributed by atoms with Gasteiger partial charge in [-0.15, -0.1) is 24.8 Å². The second-order valence-electron chi connectivity index (χ2n) is 8.71. The van der Waals surface area contributed by atoms with E-state index in [4.69, 9.17) is 20.3 Å². The molecule has 1 aliphatic rings. The molecule has 1 aromatic heterocycles. The second-order valence-corrected chi connectivity index (χ2v) is 8.71. The maximum Gasteiger partial charge on any atom is 0.311 e. The maximum atomic E-state index is 12.1. The molecule has 0 aliphatic carbocycles. The number of ether oxygens (including phenoxy) is 1. The lowest BCUT2D eigenvalue weighted by Crippen LogP contribution is -2.39. The number of rotatable bonds is 8. The van der Waals surface area contributed by atoms with Crippen molar-refractivity contribution >= 4 is 53.5 Å². The Hall–Kier alpha value is -3.27. The number of amides is 1. The third kappa shape index (κ3) is 6.48. The van der Waals surface area contributed by atoms with Gasteiger partial charge in [0.15, 0.2) is 0 Å². The van der Waals surface area contributed by atoms with E-state index in [9.17, 15) is 14.7 Å². The standard InChI is InChI=1S/C25H28N4O5.2ClH/c1-29(2)24(30)21-12-19(13-28-21)33-17-6-3-14(4-7-17)20(25(31)32)11-18-10-16-9-15(23(26)27)5-8-22(16)34-18;;/h3-10,19-21,28H,11-13H2,1-2H3,(H3,26,27)(H,31,32);2*1H/t19-,20?,21-;;/m0../s1. The molecule has 1 fully saturated rings. The van der Waals surface area contributed by atoms with Crippen molar-refractivity contribution in [3.8, 4) is 5.75 Å². The summed E-state index contributed by atoms with van der Waals surface area (Å²) in [6.07, 6.45) is 0.625. The Labute approximate surface area is 221 Å². The fourth-order valence-corrected chi connectivity index (χ4v) is 4.18. The number of nitrogens with two attached hydrogens (primary N) is 1. The van der Waals surface area contributed by atoms with Crippen LogP contribution in [0.2, 0.25) is 0 Å². The van der Waals surface area contributed by atoms with Gasteiger partial charge in [-0.05, 0) is 42.0 Å². The average molecular weight is 537 g/mol. The Morgan fingerprint density at radius 1 is 1.19 bits per heavy atom. The Balaban J connectivity index is 0.00000228. The van der Waals surface area contributed by atoms with Gasteiger partial charge in [0.25, 0.3) is 0 Å². The van der Waals surface area contributed by atoms with Crippen LogP contribution in [0.25, 0.3) is 11.0 Å². The Morgan fingerprint density at radius 2 is 1.89 bits per heavy atom. The molecule has 0 bridgehead atoms. The van der Waals surface area contributed by atoms with Crippen LogP contribution in [0.15, 0.2) is 52.9 Å². The Morgan fingerprint density at radius 3 is 2.50 bits per heavy atom. The Kier molecular flexibility index (Phi) is 9.75. The van der Waals surface area contributed by atoms with Gasteiger partial charge in [-0.3, -0.25) is 15.0 Å². The van der Waals surface area contributed by atoms with Crippen molar-refractivity contribution in [3.63, 3.8) is 0 Å². The molecule has 1 saturated heterocycles. The SMILES string of the molecule is CN(C)C(=O)[C@@H]1C[C@H](Oc2ccc(C(Cc3cc4cc(C(=N)N)ccc4o3)C(=O)O)cc2)CN1.Cl.Cl. The summed E-state index contributed by atoms with van der Waals surface area (Å²) in [5.74, 6) is -0.603. The van der Waals surface area contributed by atoms with Crippen molar-refractivity contribution in [2.75, 3.05) is 20.6 Å². The number of likely N-dealkylation sites (N-methyl/N-ethyl adjacent to an activating group) is 1. The summed E-state index contributed by atoms with van der Waals surface area (Å²) in [6, 6.07) is 13.7. The zero-order valence-corrected chi connectivity index (χ0v) is 21.5. The van der Waals surface area contributed by atoms with Crippen LogP contribution in [0.3, 0.4) is 0 Å². The van der Waals surface area contributed by atoms with Crippen molar-refractivity contribution in [3.05, 3.63) is 65.4 Å². The number of carbonyl (C=O) groups excluding carboxylic acids is 1. The number of nitrogens with zero attached hydrogens (tertiary/aromatic N) is 1. The van der Waals surface area contributed by atoms with Gasteiger partial charge in [0.1, 0.15) is 29.0 Å². The highest BCUT2D eigenvalue weighted by Gasteiger charge is 2.31. The van der Waals surface area contributed by atoms with Crippen LogP contribution in [-0.2, 0) is 16.0 Å². The van der Waals surface area contributed by atoms with Gasteiger partial charge in [0.05, 0.1) is 12.0 Å². The molecule has 36 heavy (non-hydrogen) atoms. The highest BCUT2D eigenvalue weighted by atomic mass is 35.5. The van der Waals surface area contributed by atoms with E-state index in [0.29, 0.717) is 41.2 Å². The number of nitrogens with one attached hydrogen (secondary N) is 2. The number of halogens is 2. The topological polar surface area (TPSA) is 142 Å². The number of carbonyl (C=O) groups is 2. The minimum Gasteiger partial charge on any atom is -0.489 e. The molecular weight excluding hydrogens is 507 g/mol. The normalized spacial score (nSPS) is 17.5. The van der Waals surface area contributed by atoms with Gasteiger partial charge < -0.3 is 30.2 Å². The largest absolute Gasteiger partial charge is 0.489 e. The Bertz CT molecular complexity index is 1230. The van der Waals surface area contributed by atoms with Crippen molar-refractivity contribution in [1.82, 2.24) is 10.2 Å². The number of furan rings is 1. The lowest BCUT2D eigenvalue weighted by molar-refractivity contribution is -0.138. The van der Waals surface area contributed by atoms with E-state index in [2.05, 4.69) is 5.32 Å². The number of hydrogen-bond donors (Lipinski definition) is 4. The van der Waals surface area contributed by atoms with Gasteiger partial charge >= 0.3 is 5.97 Å². The second kappa shape index (κ2) is 12.1. The summed E-state index contributed by atoms with van der Waals surface area (Å²) in [4.78, 5) is 25.7. The number of carboxylic acid groups (broad SMARTS) is 1. The van der Waals surface area contributed by atoms with Gasteiger partial charge in [-0.25, -0.2) is 0 Å². The fraction of sp³-hybridized carbons (Fsp3) is 0.320. The predicted octanol–water partition coefficient (Wildman–Crippen LogP) is 3.17. The van der Waals surface area contributed by atoms with Crippen LogP contribution in [0.1, 0.15) is 29.2 Å². The summed E-state index contributed by atoms with van der Waals surface area (Å²) >= 11 is 0. The molecule has 3 aromatic rings. The number of aliphatic carboxylic acids is 1. The fourth-order valence-electron chi connectivity index (χ4n) is 4.18. The molecule has 1 amide bonds. The van der Waals surface area contributed by atoms with E-state index in [0.717, 1.165) is 5.39 Å². The van der Waals surface area contributed by atoms with E-state index in [-0.39, 0.29) is 55.1 Å². The average Bonchev–Trinajstić information content (AvgIpc) is 3.43. The van der Waals surface area contributed by atoms with Crippen LogP contribution in [0.4, 0.5) is 0 Å². The van der Waals surface area contributed by atoms with Gasteiger partial charge in [-0.2, -0.15) is 0 Å². The van der Waals surface area contributed by atoms with E-state index < -0.39 is 11.9 Å². The molecule has 194 valence electrons. The van der Waals surface area contributed by atoms with Gasteiger partial charge in [0.2, 0.25) is 5.91 Å². The molecule has 1 unspecified atom stereocenters. The number of benzene rings is 2. The number of amidine groups is 1. The molecule has 1 aliphatic heterocycles. The molecule has 4 rings (SSSR count). The maximum absolute atomic E-state index is 12.1. The minimum absolute atomic E-state index is 0. The molecule has 5 N–H and O–H groups in total. The molecule has 0 radical (unpaired) electrons. The van der Waals surface area contributed by atoms with Crippen LogP contribution in [0, 0.1) is 5.41 Å². The highest BCUT2D eigenvalue weighted by Crippen LogP contribution is 2.28. The van der Waals surface area contributed by atoms with Crippen molar-refractivity contribution in [2.45, 2.75) is 30.9 Å². The molecule has 9 nitrogen and oxygen atoms in total. The first kappa shape index (κ1) is 29.0. The van der Waals surface area contributed by atoms with Crippen LogP contribution < -0.4 is 15.8 Å².